The lowest BCUT2D eigenvalue weighted by molar-refractivity contribution is -0.145. The molecule has 0 saturated heterocycles. The Bertz CT molecular complexity index is 1120. The van der Waals surface area contributed by atoms with E-state index in [1.165, 1.54) is 22.8 Å². The number of hydrogen-bond acceptors (Lipinski definition) is 7. The van der Waals surface area contributed by atoms with Crippen LogP contribution < -0.4 is 5.32 Å². The van der Waals surface area contributed by atoms with E-state index < -0.39 is 16.0 Å². The number of anilines is 1. The van der Waals surface area contributed by atoms with Crippen molar-refractivity contribution in [3.05, 3.63) is 84.3 Å². The molecule has 168 valence electrons. The van der Waals surface area contributed by atoms with E-state index in [0.29, 0.717) is 11.5 Å². The third-order valence-electron chi connectivity index (χ3n) is 4.40. The molecule has 0 aliphatic heterocycles. The number of rotatable bonds is 10. The minimum Gasteiger partial charge on any atom is -0.462 e. The molecular formula is C23H26N4O4S. The fraction of sp³-hybridized carbons (Fsp3) is 0.261. The van der Waals surface area contributed by atoms with Crippen LogP contribution in [-0.4, -0.2) is 41.3 Å². The number of benzene rings is 1. The van der Waals surface area contributed by atoms with Crippen molar-refractivity contribution in [2.24, 2.45) is 0 Å². The number of sulfonamides is 1. The summed E-state index contributed by atoms with van der Waals surface area (Å²) >= 11 is 0. The summed E-state index contributed by atoms with van der Waals surface area (Å²) < 4.78 is 33.1. The van der Waals surface area contributed by atoms with Crippen LogP contribution in [0.2, 0.25) is 0 Å². The molecule has 0 spiro atoms. The van der Waals surface area contributed by atoms with Crippen molar-refractivity contribution in [1.82, 2.24) is 14.3 Å². The average Bonchev–Trinajstić information content (AvgIpc) is 2.78. The molecule has 0 bridgehead atoms. The van der Waals surface area contributed by atoms with E-state index in [2.05, 4.69) is 15.3 Å². The molecule has 0 aliphatic carbocycles. The number of aromatic nitrogens is 2. The lowest BCUT2D eigenvalue weighted by atomic mass is 10.2. The summed E-state index contributed by atoms with van der Waals surface area (Å²) in [5, 5.41) is 2.92. The monoisotopic (exact) mass is 454 g/mol. The van der Waals surface area contributed by atoms with E-state index in [9.17, 15) is 13.2 Å². The second-order valence-corrected chi connectivity index (χ2v) is 9.29. The van der Waals surface area contributed by atoms with E-state index in [4.69, 9.17) is 4.74 Å². The van der Waals surface area contributed by atoms with Gasteiger partial charge in [-0.2, -0.15) is 4.31 Å². The Balaban J connectivity index is 1.81. The molecule has 0 atom stereocenters. The van der Waals surface area contributed by atoms with Crippen molar-refractivity contribution in [3.8, 4) is 0 Å². The number of esters is 1. The fourth-order valence-electron chi connectivity index (χ4n) is 2.98. The summed E-state index contributed by atoms with van der Waals surface area (Å²) in [5.74, 6) is 0.0682. The zero-order chi connectivity index (χ0) is 23.0. The highest BCUT2D eigenvalue weighted by Gasteiger charge is 2.25. The lowest BCUT2D eigenvalue weighted by Gasteiger charge is -2.22. The molecule has 8 nitrogen and oxygen atoms in total. The SMILES string of the molecule is CC(C)OC(=O)CNc1cccc(CN(Cc2ccccc2)S(=O)(=O)c2cccnc2)n1. The van der Waals surface area contributed by atoms with Gasteiger partial charge < -0.3 is 10.1 Å². The summed E-state index contributed by atoms with van der Waals surface area (Å²) in [6.45, 7) is 3.76. The predicted molar refractivity (Wildman–Crippen MR) is 121 cm³/mol. The molecule has 1 aromatic carbocycles. The van der Waals surface area contributed by atoms with Crippen molar-refractivity contribution in [1.29, 1.82) is 0 Å². The van der Waals surface area contributed by atoms with Gasteiger partial charge in [-0.25, -0.2) is 13.4 Å². The molecule has 0 radical (unpaired) electrons. The molecule has 0 fully saturated rings. The Hall–Kier alpha value is -3.30. The molecular weight excluding hydrogens is 428 g/mol. The van der Waals surface area contributed by atoms with Crippen molar-refractivity contribution in [3.63, 3.8) is 0 Å². The minimum absolute atomic E-state index is 0.0314. The number of carbonyl (C=O) groups excluding carboxylic acids is 1. The molecule has 32 heavy (non-hydrogen) atoms. The maximum atomic E-state index is 13.3. The van der Waals surface area contributed by atoms with Crippen LogP contribution in [0.25, 0.3) is 0 Å². The Morgan fingerprint density at radius 1 is 1.03 bits per heavy atom. The van der Waals surface area contributed by atoms with Gasteiger partial charge in [0.05, 0.1) is 18.3 Å². The van der Waals surface area contributed by atoms with Gasteiger partial charge in [0, 0.05) is 18.9 Å². The van der Waals surface area contributed by atoms with Crippen LogP contribution in [-0.2, 0) is 32.6 Å². The number of ether oxygens (including phenoxy) is 1. The first kappa shape index (κ1) is 23.4. The van der Waals surface area contributed by atoms with Crippen LogP contribution in [0.3, 0.4) is 0 Å². The van der Waals surface area contributed by atoms with Gasteiger partial charge in [-0.1, -0.05) is 36.4 Å². The Morgan fingerprint density at radius 3 is 2.50 bits per heavy atom. The Kier molecular flexibility index (Phi) is 7.91. The zero-order valence-corrected chi connectivity index (χ0v) is 18.8. The van der Waals surface area contributed by atoms with Crippen molar-refractivity contribution < 1.29 is 17.9 Å². The molecule has 0 aliphatic rings. The molecule has 9 heteroatoms. The smallest absolute Gasteiger partial charge is 0.325 e. The highest BCUT2D eigenvalue weighted by molar-refractivity contribution is 7.89. The van der Waals surface area contributed by atoms with Gasteiger partial charge in [0.25, 0.3) is 0 Å². The van der Waals surface area contributed by atoms with E-state index in [0.717, 1.165) is 5.56 Å². The van der Waals surface area contributed by atoms with Crippen LogP contribution in [0.15, 0.2) is 78.0 Å². The van der Waals surface area contributed by atoms with Crippen LogP contribution >= 0.6 is 0 Å². The van der Waals surface area contributed by atoms with E-state index >= 15 is 0 Å². The molecule has 2 heterocycles. The second-order valence-electron chi connectivity index (χ2n) is 7.35. The van der Waals surface area contributed by atoms with E-state index in [1.54, 1.807) is 38.1 Å². The van der Waals surface area contributed by atoms with Gasteiger partial charge in [0.1, 0.15) is 17.3 Å². The van der Waals surface area contributed by atoms with E-state index in [-0.39, 0.29) is 30.6 Å². The van der Waals surface area contributed by atoms with Crippen molar-refractivity contribution in [2.75, 3.05) is 11.9 Å². The van der Waals surface area contributed by atoms with Crippen molar-refractivity contribution >= 4 is 21.8 Å². The number of nitrogens with one attached hydrogen (secondary N) is 1. The number of nitrogens with zero attached hydrogens (tertiary/aromatic N) is 3. The molecule has 0 saturated carbocycles. The Labute approximate surface area is 188 Å². The number of carbonyl (C=O) groups is 1. The summed E-state index contributed by atoms with van der Waals surface area (Å²) in [6, 6.07) is 17.7. The summed E-state index contributed by atoms with van der Waals surface area (Å²) in [7, 11) is -3.81. The average molecular weight is 455 g/mol. The van der Waals surface area contributed by atoms with Gasteiger partial charge in [-0.15, -0.1) is 0 Å². The minimum atomic E-state index is -3.81. The number of pyridine rings is 2. The summed E-state index contributed by atoms with van der Waals surface area (Å²) in [5.41, 5.74) is 1.39. The standard InChI is InChI=1S/C23H26N4O4S/c1-18(2)31-23(28)15-25-22-12-6-10-20(26-22)17-27(16-19-8-4-3-5-9-19)32(29,30)21-11-7-13-24-14-21/h3-14,18H,15-17H2,1-2H3,(H,25,26). The van der Waals surface area contributed by atoms with Crippen molar-refractivity contribution in [2.45, 2.75) is 37.9 Å². The largest absolute Gasteiger partial charge is 0.462 e. The molecule has 1 N–H and O–H groups in total. The van der Waals surface area contributed by atoms with Crippen LogP contribution in [0, 0.1) is 0 Å². The lowest BCUT2D eigenvalue weighted by Crippen LogP contribution is -2.30. The molecule has 0 unspecified atom stereocenters. The normalized spacial score (nSPS) is 11.5. The topological polar surface area (TPSA) is 101 Å². The first-order valence-corrected chi connectivity index (χ1v) is 11.6. The van der Waals surface area contributed by atoms with Gasteiger partial charge in [0.15, 0.2) is 0 Å². The molecule has 0 amide bonds. The highest BCUT2D eigenvalue weighted by Crippen LogP contribution is 2.20. The van der Waals surface area contributed by atoms with Crippen LogP contribution in [0.5, 0.6) is 0 Å². The van der Waals surface area contributed by atoms with Gasteiger partial charge in [-0.3, -0.25) is 9.78 Å². The molecule has 2 aromatic heterocycles. The highest BCUT2D eigenvalue weighted by atomic mass is 32.2. The first-order valence-electron chi connectivity index (χ1n) is 10.2. The third-order valence-corrected chi connectivity index (χ3v) is 6.18. The first-order chi connectivity index (χ1) is 15.3. The molecule has 3 aromatic rings. The fourth-order valence-corrected chi connectivity index (χ4v) is 4.34. The second kappa shape index (κ2) is 10.8. The maximum Gasteiger partial charge on any atom is 0.325 e. The Morgan fingerprint density at radius 2 is 1.81 bits per heavy atom. The zero-order valence-electron chi connectivity index (χ0n) is 18.0. The van der Waals surface area contributed by atoms with Gasteiger partial charge >= 0.3 is 5.97 Å². The molecule has 3 rings (SSSR count). The maximum absolute atomic E-state index is 13.3. The predicted octanol–water partition coefficient (Wildman–Crippen LogP) is 3.23. The van der Waals surface area contributed by atoms with Gasteiger partial charge in [0.2, 0.25) is 10.0 Å². The van der Waals surface area contributed by atoms with E-state index in [1.807, 2.05) is 30.3 Å². The quantitative estimate of drug-likeness (QED) is 0.469. The number of hydrogen-bond donors (Lipinski definition) is 1. The van der Waals surface area contributed by atoms with Crippen LogP contribution in [0.4, 0.5) is 5.82 Å². The summed E-state index contributed by atoms with van der Waals surface area (Å²) in [6.07, 6.45) is 2.66. The third kappa shape index (κ3) is 6.60. The van der Waals surface area contributed by atoms with Gasteiger partial charge in [-0.05, 0) is 43.7 Å². The summed E-state index contributed by atoms with van der Waals surface area (Å²) in [4.78, 5) is 20.3. The van der Waals surface area contributed by atoms with Crippen LogP contribution in [0.1, 0.15) is 25.1 Å².